The van der Waals surface area contributed by atoms with Gasteiger partial charge in [0.2, 0.25) is 0 Å². The first-order valence-corrected chi connectivity index (χ1v) is 8.09. The van der Waals surface area contributed by atoms with Crippen molar-refractivity contribution in [2.24, 2.45) is 5.92 Å². The van der Waals surface area contributed by atoms with E-state index in [2.05, 4.69) is 20.8 Å². The van der Waals surface area contributed by atoms with Gasteiger partial charge in [-0.25, -0.2) is 0 Å². The summed E-state index contributed by atoms with van der Waals surface area (Å²) in [5.74, 6) is 0.639. The fraction of sp³-hybridized carbons (Fsp3) is 0.600. The van der Waals surface area contributed by atoms with Crippen LogP contribution in [0.15, 0.2) is 18.2 Å². The van der Waals surface area contributed by atoms with Crippen molar-refractivity contribution in [3.05, 3.63) is 29.3 Å². The zero-order valence-corrected chi connectivity index (χ0v) is 13.1. The molecule has 0 unspecified atom stereocenters. The van der Waals surface area contributed by atoms with Gasteiger partial charge in [-0.2, -0.15) is 13.2 Å². The van der Waals surface area contributed by atoms with E-state index in [1.165, 1.54) is 25.3 Å². The molecule has 0 spiro atoms. The molecule has 0 bridgehead atoms. The van der Waals surface area contributed by atoms with E-state index in [0.29, 0.717) is 17.2 Å². The van der Waals surface area contributed by atoms with Crippen LogP contribution in [0.1, 0.15) is 37.3 Å². The lowest BCUT2D eigenvalue weighted by molar-refractivity contribution is -0.138. The Morgan fingerprint density at radius 3 is 2.45 bits per heavy atom. The molecule has 2 rings (SSSR count). The van der Waals surface area contributed by atoms with Gasteiger partial charge < -0.3 is 4.90 Å². The molecule has 1 aliphatic rings. The monoisotopic (exact) mass is 349 g/mol. The van der Waals surface area contributed by atoms with Gasteiger partial charge in [0.15, 0.2) is 0 Å². The molecule has 0 radical (unpaired) electrons. The van der Waals surface area contributed by atoms with Crippen LogP contribution in [-0.4, -0.2) is 13.1 Å². The molecule has 0 saturated heterocycles. The molecule has 1 saturated carbocycles. The number of nitrogens with zero attached hydrogens (tertiary/aromatic N) is 1. The molecule has 1 fully saturated rings. The maximum Gasteiger partial charge on any atom is 0.416 e. The highest BCUT2D eigenvalue weighted by atomic mass is 79.9. The van der Waals surface area contributed by atoms with Crippen molar-refractivity contribution in [2.45, 2.75) is 37.7 Å². The molecule has 0 N–H and O–H groups in total. The molecule has 5 heteroatoms. The van der Waals surface area contributed by atoms with Gasteiger partial charge in [-0.05, 0) is 43.4 Å². The second-order valence-electron chi connectivity index (χ2n) is 5.31. The van der Waals surface area contributed by atoms with Crippen LogP contribution in [0.2, 0.25) is 0 Å². The highest BCUT2D eigenvalue weighted by Crippen LogP contribution is 2.36. The summed E-state index contributed by atoms with van der Waals surface area (Å²) in [7, 11) is 0. The van der Waals surface area contributed by atoms with E-state index in [1.54, 1.807) is 12.1 Å². The highest BCUT2D eigenvalue weighted by molar-refractivity contribution is 9.08. The maximum absolute atomic E-state index is 13.1. The van der Waals surface area contributed by atoms with Crippen molar-refractivity contribution in [3.63, 3.8) is 0 Å². The Morgan fingerprint density at radius 2 is 2.00 bits per heavy atom. The molecule has 0 amide bonds. The lowest BCUT2D eigenvalue weighted by Gasteiger charge is -2.33. The number of hydrogen-bond donors (Lipinski definition) is 0. The number of halogens is 4. The minimum absolute atomic E-state index is 0.219. The van der Waals surface area contributed by atoms with Gasteiger partial charge in [-0.15, -0.1) is 0 Å². The van der Waals surface area contributed by atoms with E-state index in [9.17, 15) is 13.2 Å². The smallest absolute Gasteiger partial charge is 0.372 e. The Hall–Kier alpha value is -0.710. The van der Waals surface area contributed by atoms with Gasteiger partial charge in [0, 0.05) is 24.1 Å². The maximum atomic E-state index is 13.1. The third-order valence-electron chi connectivity index (χ3n) is 3.99. The molecule has 1 aromatic carbocycles. The van der Waals surface area contributed by atoms with E-state index in [4.69, 9.17) is 0 Å². The van der Waals surface area contributed by atoms with Gasteiger partial charge in [-0.1, -0.05) is 28.4 Å². The largest absolute Gasteiger partial charge is 0.416 e. The summed E-state index contributed by atoms with van der Waals surface area (Å²) in [5, 5.41) is 0.219. The minimum atomic E-state index is -4.30. The van der Waals surface area contributed by atoms with Crippen molar-refractivity contribution in [3.8, 4) is 0 Å². The zero-order chi connectivity index (χ0) is 14.8. The Kier molecular flexibility index (Phi) is 4.99. The van der Waals surface area contributed by atoms with Crippen LogP contribution in [-0.2, 0) is 11.5 Å². The number of anilines is 1. The molecule has 0 atom stereocenters. The molecule has 112 valence electrons. The molecule has 1 nitrogen and oxygen atoms in total. The molecule has 1 aromatic rings. The van der Waals surface area contributed by atoms with Crippen LogP contribution >= 0.6 is 15.9 Å². The quantitative estimate of drug-likeness (QED) is 0.658. The summed E-state index contributed by atoms with van der Waals surface area (Å²) < 4.78 is 39.2. The van der Waals surface area contributed by atoms with Crippen LogP contribution in [0.3, 0.4) is 0 Å². The van der Waals surface area contributed by atoms with Gasteiger partial charge >= 0.3 is 6.18 Å². The summed E-state index contributed by atoms with van der Waals surface area (Å²) in [5.41, 5.74) is 0.441. The average Bonchev–Trinajstić information content (AvgIpc) is 2.36. The number of rotatable bonds is 5. The Morgan fingerprint density at radius 1 is 1.30 bits per heavy atom. The lowest BCUT2D eigenvalue weighted by Crippen LogP contribution is -2.32. The number of alkyl halides is 4. The standard InChI is InChI=1S/C15H19BrF3N/c1-2-20(10-11-4-3-5-11)13-7-6-12(9-16)14(8-13)15(17,18)19/h6-8,11H,2-5,9-10H2,1H3. The minimum Gasteiger partial charge on any atom is -0.372 e. The summed E-state index contributed by atoms with van der Waals surface area (Å²) in [6.45, 7) is 3.59. The van der Waals surface area contributed by atoms with Crippen molar-refractivity contribution in [2.75, 3.05) is 18.0 Å². The molecule has 20 heavy (non-hydrogen) atoms. The van der Waals surface area contributed by atoms with Gasteiger partial charge in [-0.3, -0.25) is 0 Å². The number of hydrogen-bond acceptors (Lipinski definition) is 1. The van der Waals surface area contributed by atoms with Crippen LogP contribution < -0.4 is 4.90 Å². The van der Waals surface area contributed by atoms with E-state index >= 15 is 0 Å². The first-order valence-electron chi connectivity index (χ1n) is 6.96. The predicted molar refractivity (Wildman–Crippen MR) is 79.3 cm³/mol. The topological polar surface area (TPSA) is 3.24 Å². The van der Waals surface area contributed by atoms with Crippen LogP contribution in [0.5, 0.6) is 0 Å². The van der Waals surface area contributed by atoms with Crippen molar-refractivity contribution in [1.82, 2.24) is 0 Å². The van der Waals surface area contributed by atoms with Gasteiger partial charge in [0.25, 0.3) is 0 Å². The Bertz CT molecular complexity index is 455. The second-order valence-corrected chi connectivity index (χ2v) is 5.87. The number of benzene rings is 1. The summed E-state index contributed by atoms with van der Waals surface area (Å²) >= 11 is 3.13. The van der Waals surface area contributed by atoms with Crippen LogP contribution in [0.4, 0.5) is 18.9 Å². The zero-order valence-electron chi connectivity index (χ0n) is 11.5. The summed E-state index contributed by atoms with van der Waals surface area (Å²) in [6.07, 6.45) is -0.655. The first-order chi connectivity index (χ1) is 9.45. The van der Waals surface area contributed by atoms with E-state index in [0.717, 1.165) is 13.1 Å². The summed E-state index contributed by atoms with van der Waals surface area (Å²) in [6, 6.07) is 4.67. The fourth-order valence-corrected chi connectivity index (χ4v) is 3.03. The highest BCUT2D eigenvalue weighted by Gasteiger charge is 2.33. The first kappa shape index (κ1) is 15.7. The molecule has 0 aliphatic heterocycles. The van der Waals surface area contributed by atoms with E-state index in [-0.39, 0.29) is 5.33 Å². The van der Waals surface area contributed by atoms with E-state index in [1.807, 2.05) is 6.92 Å². The van der Waals surface area contributed by atoms with E-state index < -0.39 is 11.7 Å². The third-order valence-corrected chi connectivity index (χ3v) is 4.60. The predicted octanol–water partition coefficient (Wildman–Crippen LogP) is 5.23. The fourth-order valence-electron chi connectivity index (χ4n) is 2.55. The second kappa shape index (κ2) is 6.37. The van der Waals surface area contributed by atoms with Crippen LogP contribution in [0.25, 0.3) is 0 Å². The SMILES string of the molecule is CCN(CC1CCC1)c1ccc(CBr)c(C(F)(F)F)c1. The van der Waals surface area contributed by atoms with Gasteiger partial charge in [0.05, 0.1) is 5.56 Å². The van der Waals surface area contributed by atoms with Crippen molar-refractivity contribution in [1.29, 1.82) is 0 Å². The van der Waals surface area contributed by atoms with Gasteiger partial charge in [0.1, 0.15) is 0 Å². The lowest BCUT2D eigenvalue weighted by atomic mass is 9.85. The normalized spacial score (nSPS) is 16.1. The third kappa shape index (κ3) is 3.48. The molecule has 0 heterocycles. The molecular formula is C15H19BrF3N. The Balaban J connectivity index is 2.26. The van der Waals surface area contributed by atoms with Crippen LogP contribution in [0, 0.1) is 5.92 Å². The molecule has 1 aliphatic carbocycles. The van der Waals surface area contributed by atoms with Crippen molar-refractivity contribution >= 4 is 21.6 Å². The molecular weight excluding hydrogens is 331 g/mol. The Labute approximate surface area is 126 Å². The average molecular weight is 350 g/mol. The molecule has 0 aromatic heterocycles. The summed E-state index contributed by atoms with van der Waals surface area (Å²) in [4.78, 5) is 2.05. The van der Waals surface area contributed by atoms with Crippen molar-refractivity contribution < 1.29 is 13.2 Å².